The molecule has 2 aliphatic rings. The molecule has 5 rings (SSSR count). The Balaban J connectivity index is 1.32. The molecule has 150 valence electrons. The Morgan fingerprint density at radius 1 is 1.14 bits per heavy atom. The lowest BCUT2D eigenvalue weighted by atomic mass is 10.1. The highest BCUT2D eigenvalue weighted by molar-refractivity contribution is 5.94. The molecule has 2 aliphatic heterocycles. The first-order valence-corrected chi connectivity index (χ1v) is 10.2. The third-order valence-electron chi connectivity index (χ3n) is 5.81. The summed E-state index contributed by atoms with van der Waals surface area (Å²) in [6.07, 6.45) is 2.94. The predicted molar refractivity (Wildman–Crippen MR) is 110 cm³/mol. The van der Waals surface area contributed by atoms with Gasteiger partial charge >= 0.3 is 0 Å². The summed E-state index contributed by atoms with van der Waals surface area (Å²) in [5, 5.41) is 4.74. The first-order chi connectivity index (χ1) is 14.2. The van der Waals surface area contributed by atoms with Crippen molar-refractivity contribution in [2.45, 2.75) is 19.3 Å². The fourth-order valence-corrected chi connectivity index (χ4v) is 4.19. The number of morpholine rings is 1. The molecule has 2 fully saturated rings. The Kier molecular flexibility index (Phi) is 4.67. The van der Waals surface area contributed by atoms with Gasteiger partial charge in [0.1, 0.15) is 0 Å². The van der Waals surface area contributed by atoms with Gasteiger partial charge in [0.2, 0.25) is 0 Å². The first-order valence-electron chi connectivity index (χ1n) is 10.2. The summed E-state index contributed by atoms with van der Waals surface area (Å²) in [6, 6.07) is 11.9. The first kappa shape index (κ1) is 18.1. The van der Waals surface area contributed by atoms with Crippen molar-refractivity contribution in [1.29, 1.82) is 0 Å². The molecular formula is C22H25N5O2. The number of hydrogen-bond donors (Lipinski definition) is 0. The molecule has 0 radical (unpaired) electrons. The summed E-state index contributed by atoms with van der Waals surface area (Å²) < 4.78 is 7.31. The largest absolute Gasteiger partial charge is 0.378 e. The number of fused-ring (bicyclic) bond motifs is 1. The van der Waals surface area contributed by atoms with E-state index in [0.717, 1.165) is 67.6 Å². The van der Waals surface area contributed by atoms with Gasteiger partial charge in [-0.05, 0) is 37.6 Å². The third kappa shape index (κ3) is 3.58. The second-order valence-corrected chi connectivity index (χ2v) is 7.87. The van der Waals surface area contributed by atoms with Gasteiger partial charge in [-0.2, -0.15) is 5.10 Å². The molecular weight excluding hydrogens is 366 g/mol. The Bertz CT molecular complexity index is 1040. The van der Waals surface area contributed by atoms with Gasteiger partial charge in [0.05, 0.1) is 25.1 Å². The molecule has 7 heteroatoms. The van der Waals surface area contributed by atoms with Crippen molar-refractivity contribution in [3.8, 4) is 0 Å². The molecule has 2 saturated heterocycles. The zero-order valence-electron chi connectivity index (χ0n) is 16.6. The van der Waals surface area contributed by atoms with Crippen LogP contribution in [0.15, 0.2) is 42.6 Å². The second kappa shape index (κ2) is 7.48. The van der Waals surface area contributed by atoms with Gasteiger partial charge in [-0.1, -0.05) is 17.7 Å². The smallest absolute Gasteiger partial charge is 0.253 e. The molecule has 0 spiro atoms. The van der Waals surface area contributed by atoms with Gasteiger partial charge in [0.15, 0.2) is 11.5 Å². The van der Waals surface area contributed by atoms with Gasteiger partial charge in [-0.3, -0.25) is 4.79 Å². The number of likely N-dealkylation sites (tertiary alicyclic amines) is 1. The molecule has 0 N–H and O–H groups in total. The van der Waals surface area contributed by atoms with Crippen LogP contribution in [0.2, 0.25) is 0 Å². The Labute approximate surface area is 169 Å². The number of amides is 1. The van der Waals surface area contributed by atoms with E-state index in [2.05, 4.69) is 11.0 Å². The molecule has 1 amide bonds. The van der Waals surface area contributed by atoms with Crippen LogP contribution >= 0.6 is 0 Å². The van der Waals surface area contributed by atoms with E-state index in [1.807, 2.05) is 52.9 Å². The lowest BCUT2D eigenvalue weighted by Gasteiger charge is -2.28. The number of aryl methyl sites for hydroxylation is 1. The van der Waals surface area contributed by atoms with Crippen molar-refractivity contribution < 1.29 is 9.53 Å². The van der Waals surface area contributed by atoms with Crippen LogP contribution in [-0.4, -0.2) is 64.8 Å². The van der Waals surface area contributed by atoms with E-state index in [9.17, 15) is 4.79 Å². The molecule has 0 bridgehead atoms. The lowest BCUT2D eigenvalue weighted by Crippen LogP contribution is -2.36. The molecule has 0 saturated carbocycles. The average molecular weight is 391 g/mol. The third-order valence-corrected chi connectivity index (χ3v) is 5.81. The van der Waals surface area contributed by atoms with E-state index in [0.29, 0.717) is 6.54 Å². The van der Waals surface area contributed by atoms with E-state index in [1.54, 1.807) is 0 Å². The van der Waals surface area contributed by atoms with Gasteiger partial charge < -0.3 is 14.5 Å². The van der Waals surface area contributed by atoms with Crippen LogP contribution in [0.3, 0.4) is 0 Å². The fourth-order valence-electron chi connectivity index (χ4n) is 4.19. The topological polar surface area (TPSA) is 63.0 Å². The van der Waals surface area contributed by atoms with Crippen molar-refractivity contribution >= 4 is 17.2 Å². The summed E-state index contributed by atoms with van der Waals surface area (Å²) in [6.45, 7) is 6.72. The summed E-state index contributed by atoms with van der Waals surface area (Å²) in [5.41, 5.74) is 3.84. The molecule has 7 nitrogen and oxygen atoms in total. The zero-order valence-corrected chi connectivity index (χ0v) is 16.6. The van der Waals surface area contributed by atoms with E-state index >= 15 is 0 Å². The monoisotopic (exact) mass is 391 g/mol. The van der Waals surface area contributed by atoms with Crippen molar-refractivity contribution in [2.24, 2.45) is 0 Å². The summed E-state index contributed by atoms with van der Waals surface area (Å²) >= 11 is 0. The van der Waals surface area contributed by atoms with Crippen LogP contribution in [0.1, 0.15) is 34.1 Å². The number of anilines is 1. The lowest BCUT2D eigenvalue weighted by molar-refractivity contribution is 0.0790. The van der Waals surface area contributed by atoms with Crippen molar-refractivity contribution in [3.63, 3.8) is 0 Å². The van der Waals surface area contributed by atoms with Crippen LogP contribution in [0.25, 0.3) is 5.65 Å². The van der Waals surface area contributed by atoms with Gasteiger partial charge in [0, 0.05) is 37.7 Å². The normalized spacial score (nSPS) is 19.8. The number of carbonyl (C=O) groups excluding carboxylic acids is 1. The minimum absolute atomic E-state index is 0.0922. The van der Waals surface area contributed by atoms with Crippen LogP contribution < -0.4 is 4.90 Å². The molecule has 1 aromatic carbocycles. The number of aromatic nitrogens is 3. The highest BCUT2D eigenvalue weighted by Crippen LogP contribution is 2.27. The quantitative estimate of drug-likeness (QED) is 0.687. The van der Waals surface area contributed by atoms with Gasteiger partial charge in [-0.15, -0.1) is 0 Å². The minimum atomic E-state index is 0.0922. The molecule has 4 heterocycles. The average Bonchev–Trinajstić information content (AvgIpc) is 3.40. The number of benzene rings is 1. The standard InChI is InChI=1S/C22H25N5O2/c1-16-3-2-4-17(13-16)22(28)26-8-7-18(14-26)21-23-20-6-5-19(15-27(20)24-21)25-9-11-29-12-10-25/h2-6,13,15,18H,7-12,14H2,1H3/t18-/m0/s1. The SMILES string of the molecule is Cc1cccc(C(=O)N2CC[C@H](c3nc4ccc(N5CCOCC5)cn4n3)C2)c1. The number of nitrogens with zero attached hydrogens (tertiary/aromatic N) is 5. The van der Waals surface area contributed by atoms with E-state index in [4.69, 9.17) is 14.8 Å². The molecule has 1 atom stereocenters. The fraction of sp³-hybridized carbons (Fsp3) is 0.409. The van der Waals surface area contributed by atoms with Crippen LogP contribution in [-0.2, 0) is 4.74 Å². The highest BCUT2D eigenvalue weighted by atomic mass is 16.5. The number of ether oxygens (including phenoxy) is 1. The summed E-state index contributed by atoms with van der Waals surface area (Å²) in [7, 11) is 0. The second-order valence-electron chi connectivity index (χ2n) is 7.87. The highest BCUT2D eigenvalue weighted by Gasteiger charge is 2.30. The van der Waals surface area contributed by atoms with E-state index < -0.39 is 0 Å². The Morgan fingerprint density at radius 3 is 2.83 bits per heavy atom. The van der Waals surface area contributed by atoms with E-state index in [1.165, 1.54) is 0 Å². The molecule has 29 heavy (non-hydrogen) atoms. The number of carbonyl (C=O) groups is 1. The molecule has 3 aromatic rings. The maximum Gasteiger partial charge on any atom is 0.253 e. The predicted octanol–water partition coefficient (Wildman–Crippen LogP) is 2.50. The Morgan fingerprint density at radius 2 is 2.00 bits per heavy atom. The van der Waals surface area contributed by atoms with E-state index in [-0.39, 0.29) is 11.8 Å². The Hall–Kier alpha value is -2.93. The number of hydrogen-bond acceptors (Lipinski definition) is 5. The summed E-state index contributed by atoms with van der Waals surface area (Å²) in [5.74, 6) is 1.09. The maximum atomic E-state index is 12.8. The maximum absolute atomic E-state index is 12.8. The van der Waals surface area contributed by atoms with Crippen LogP contribution in [0, 0.1) is 6.92 Å². The van der Waals surface area contributed by atoms with Crippen molar-refractivity contribution in [3.05, 3.63) is 59.5 Å². The molecule has 0 unspecified atom stereocenters. The molecule has 2 aromatic heterocycles. The number of rotatable bonds is 3. The van der Waals surface area contributed by atoms with Gasteiger partial charge in [0.25, 0.3) is 5.91 Å². The van der Waals surface area contributed by atoms with Gasteiger partial charge in [-0.25, -0.2) is 9.50 Å². The van der Waals surface area contributed by atoms with Crippen LogP contribution in [0.4, 0.5) is 5.69 Å². The minimum Gasteiger partial charge on any atom is -0.378 e. The van der Waals surface area contributed by atoms with Crippen molar-refractivity contribution in [1.82, 2.24) is 19.5 Å². The zero-order chi connectivity index (χ0) is 19.8. The summed E-state index contributed by atoms with van der Waals surface area (Å²) in [4.78, 5) is 21.8. The molecule has 0 aliphatic carbocycles. The van der Waals surface area contributed by atoms with Crippen molar-refractivity contribution in [2.75, 3.05) is 44.3 Å². The number of pyridine rings is 1. The van der Waals surface area contributed by atoms with Crippen LogP contribution in [0.5, 0.6) is 0 Å².